The van der Waals surface area contributed by atoms with Crippen LogP contribution in [0.15, 0.2) is 33.5 Å². The fourth-order valence-corrected chi connectivity index (χ4v) is 2.86. The van der Waals surface area contributed by atoms with Crippen molar-refractivity contribution in [3.05, 3.63) is 40.2 Å². The van der Waals surface area contributed by atoms with Gasteiger partial charge in [-0.15, -0.1) is 0 Å². The van der Waals surface area contributed by atoms with Gasteiger partial charge < -0.3 is 39.4 Å². The molecule has 9 heteroatoms. The topological polar surface area (TPSA) is 150 Å². The van der Waals surface area contributed by atoms with E-state index in [1.807, 2.05) is 0 Å². The van der Waals surface area contributed by atoms with Crippen molar-refractivity contribution in [3.63, 3.8) is 0 Å². The van der Waals surface area contributed by atoms with Crippen LogP contribution in [0.2, 0.25) is 0 Å². The number of rotatable bonds is 5. The van der Waals surface area contributed by atoms with Gasteiger partial charge in [0.15, 0.2) is 0 Å². The van der Waals surface area contributed by atoms with Crippen molar-refractivity contribution in [1.82, 2.24) is 0 Å². The molecule has 5 N–H and O–H groups in total. The molecule has 0 radical (unpaired) electrons. The maximum Gasteiger partial charge on any atom is 0.336 e. The maximum atomic E-state index is 11.4. The van der Waals surface area contributed by atoms with E-state index in [0.29, 0.717) is 10.9 Å². The first-order valence-corrected chi connectivity index (χ1v) is 8.09. The van der Waals surface area contributed by atoms with Crippen molar-refractivity contribution >= 4 is 11.0 Å². The van der Waals surface area contributed by atoms with E-state index in [4.69, 9.17) is 13.9 Å². The van der Waals surface area contributed by atoms with Crippen molar-refractivity contribution in [2.24, 2.45) is 0 Å². The first-order valence-electron chi connectivity index (χ1n) is 8.09. The minimum absolute atomic E-state index is 0.172. The van der Waals surface area contributed by atoms with Crippen LogP contribution < -0.4 is 10.4 Å². The zero-order valence-electron chi connectivity index (χ0n) is 13.7. The van der Waals surface area contributed by atoms with E-state index < -0.39 is 42.9 Å². The van der Waals surface area contributed by atoms with Gasteiger partial charge in [-0.1, -0.05) is 0 Å². The largest absolute Gasteiger partial charge is 0.462 e. The van der Waals surface area contributed by atoms with Gasteiger partial charge in [0.1, 0.15) is 35.7 Å². The van der Waals surface area contributed by atoms with Crippen LogP contribution in [0.3, 0.4) is 0 Å². The van der Waals surface area contributed by atoms with Crippen LogP contribution in [0, 0.1) is 0 Å². The number of aliphatic hydroxyl groups excluding tert-OH is 5. The molecule has 26 heavy (non-hydrogen) atoms. The van der Waals surface area contributed by atoms with Crippen LogP contribution in [0.5, 0.6) is 5.75 Å². The molecule has 0 spiro atoms. The number of ether oxygens (including phenoxy) is 2. The number of fused-ring (bicyclic) bond motifs is 1. The summed E-state index contributed by atoms with van der Waals surface area (Å²) in [4.78, 5) is 11.4. The molecule has 0 saturated carbocycles. The van der Waals surface area contributed by atoms with Crippen LogP contribution in [0.1, 0.15) is 5.56 Å². The molecule has 142 valence electrons. The molecule has 1 saturated heterocycles. The van der Waals surface area contributed by atoms with Crippen molar-refractivity contribution in [3.8, 4) is 5.75 Å². The second-order valence-electron chi connectivity index (χ2n) is 6.04. The molecule has 0 bridgehead atoms. The summed E-state index contributed by atoms with van der Waals surface area (Å²) in [6, 6.07) is 5.92. The minimum Gasteiger partial charge on any atom is -0.462 e. The van der Waals surface area contributed by atoms with E-state index in [1.165, 1.54) is 12.1 Å². The van der Waals surface area contributed by atoms with Crippen molar-refractivity contribution in [1.29, 1.82) is 0 Å². The van der Waals surface area contributed by atoms with E-state index in [-0.39, 0.29) is 24.4 Å². The fourth-order valence-electron chi connectivity index (χ4n) is 2.86. The molecule has 1 fully saturated rings. The highest BCUT2D eigenvalue weighted by molar-refractivity contribution is 5.79. The van der Waals surface area contributed by atoms with Gasteiger partial charge in [-0.05, 0) is 24.1 Å². The average molecular weight is 368 g/mol. The summed E-state index contributed by atoms with van der Waals surface area (Å²) in [5, 5.41) is 48.9. The number of hydrogen-bond acceptors (Lipinski definition) is 9. The Morgan fingerprint density at radius 1 is 1.04 bits per heavy atom. The van der Waals surface area contributed by atoms with Crippen molar-refractivity contribution in [2.45, 2.75) is 37.1 Å². The molecule has 1 aromatic carbocycles. The van der Waals surface area contributed by atoms with E-state index >= 15 is 0 Å². The lowest BCUT2D eigenvalue weighted by molar-refractivity contribution is -0.277. The Labute approximate surface area is 147 Å². The lowest BCUT2D eigenvalue weighted by Gasteiger charge is -2.39. The van der Waals surface area contributed by atoms with Gasteiger partial charge >= 0.3 is 5.63 Å². The van der Waals surface area contributed by atoms with Gasteiger partial charge in [-0.25, -0.2) is 4.79 Å². The molecule has 5 atom stereocenters. The van der Waals surface area contributed by atoms with E-state index in [9.17, 15) is 30.3 Å². The summed E-state index contributed by atoms with van der Waals surface area (Å²) in [5.74, 6) is 0.172. The highest BCUT2D eigenvalue weighted by Gasteiger charge is 2.44. The summed E-state index contributed by atoms with van der Waals surface area (Å²) in [5.41, 5.74) is 0.246. The first-order chi connectivity index (χ1) is 12.4. The zero-order chi connectivity index (χ0) is 18.8. The van der Waals surface area contributed by atoms with Gasteiger partial charge in [-0.3, -0.25) is 0 Å². The second kappa shape index (κ2) is 7.70. The quantitative estimate of drug-likeness (QED) is 0.398. The normalized spacial score (nSPS) is 29.0. The molecule has 2 aromatic rings. The molecule has 9 nitrogen and oxygen atoms in total. The Bertz CT molecular complexity index is 815. The Morgan fingerprint density at radius 2 is 1.81 bits per heavy atom. The summed E-state index contributed by atoms with van der Waals surface area (Å²) in [6.07, 6.45) is -6.92. The lowest BCUT2D eigenvalue weighted by Crippen LogP contribution is -2.60. The van der Waals surface area contributed by atoms with E-state index in [0.717, 1.165) is 0 Å². The Hall–Kier alpha value is -2.01. The molecule has 0 aliphatic carbocycles. The molecular weight excluding hydrogens is 348 g/mol. The molecule has 1 aliphatic rings. The highest BCUT2D eigenvalue weighted by Crippen LogP contribution is 2.30. The fraction of sp³-hybridized carbons (Fsp3) is 0.471. The van der Waals surface area contributed by atoms with Crippen LogP contribution in [0.4, 0.5) is 0 Å². The number of hydrogen-bond donors (Lipinski definition) is 5. The lowest BCUT2D eigenvalue weighted by atomic mass is 9.99. The molecular formula is C17H20O9. The molecule has 1 aliphatic heterocycles. The summed E-state index contributed by atoms with van der Waals surface area (Å²) in [7, 11) is 0. The average Bonchev–Trinajstić information content (AvgIpc) is 2.63. The Morgan fingerprint density at radius 3 is 2.50 bits per heavy atom. The zero-order valence-corrected chi connectivity index (χ0v) is 13.7. The summed E-state index contributed by atoms with van der Waals surface area (Å²) >= 11 is 0. The van der Waals surface area contributed by atoms with Crippen LogP contribution in [-0.4, -0.2) is 69.5 Å². The molecule has 3 rings (SSSR count). The molecule has 1 aromatic heterocycles. The van der Waals surface area contributed by atoms with Gasteiger partial charge in [0.05, 0.1) is 6.61 Å². The first kappa shape index (κ1) is 18.8. The third kappa shape index (κ3) is 3.58. The molecule has 2 heterocycles. The highest BCUT2D eigenvalue weighted by atomic mass is 16.7. The van der Waals surface area contributed by atoms with E-state index in [1.54, 1.807) is 12.1 Å². The Kier molecular flexibility index (Phi) is 5.56. The SMILES string of the molecule is O=c1ccc2cc(CCO)c(OC3OC(CO)C(O)C(O)C3O)cc2o1. The van der Waals surface area contributed by atoms with E-state index in [2.05, 4.69) is 0 Å². The second-order valence-corrected chi connectivity index (χ2v) is 6.04. The minimum atomic E-state index is -1.58. The standard InChI is InChI=1S/C17H20O9/c18-4-3-9-5-8-1-2-13(20)24-10(8)6-11(9)25-17-16(23)15(22)14(21)12(7-19)26-17/h1-2,5-6,12,14-19,21-23H,3-4,7H2. The van der Waals surface area contributed by atoms with Crippen LogP contribution in [-0.2, 0) is 11.2 Å². The Balaban J connectivity index is 1.95. The van der Waals surface area contributed by atoms with Crippen molar-refractivity contribution in [2.75, 3.05) is 13.2 Å². The monoisotopic (exact) mass is 368 g/mol. The van der Waals surface area contributed by atoms with Gasteiger partial charge in [0.2, 0.25) is 6.29 Å². The maximum absolute atomic E-state index is 11.4. The number of aliphatic hydroxyl groups is 5. The summed E-state index contributed by atoms with van der Waals surface area (Å²) in [6.45, 7) is -0.756. The molecule has 5 unspecified atom stereocenters. The van der Waals surface area contributed by atoms with Crippen LogP contribution >= 0.6 is 0 Å². The van der Waals surface area contributed by atoms with Gasteiger partial charge in [-0.2, -0.15) is 0 Å². The number of benzene rings is 1. The smallest absolute Gasteiger partial charge is 0.336 e. The predicted octanol–water partition coefficient (Wildman–Crippen LogP) is -1.49. The third-order valence-electron chi connectivity index (χ3n) is 4.28. The predicted molar refractivity (Wildman–Crippen MR) is 87.7 cm³/mol. The van der Waals surface area contributed by atoms with Crippen LogP contribution in [0.25, 0.3) is 11.0 Å². The third-order valence-corrected chi connectivity index (χ3v) is 4.28. The van der Waals surface area contributed by atoms with Gasteiger partial charge in [0.25, 0.3) is 0 Å². The van der Waals surface area contributed by atoms with Gasteiger partial charge in [0, 0.05) is 24.1 Å². The molecule has 0 amide bonds. The van der Waals surface area contributed by atoms with Crippen molar-refractivity contribution < 1.29 is 39.4 Å². The summed E-state index contributed by atoms with van der Waals surface area (Å²) < 4.78 is 16.0.